The Kier molecular flexibility index (Phi) is 5.86. The van der Waals surface area contributed by atoms with Crippen LogP contribution in [0.5, 0.6) is 0 Å². The molecule has 0 radical (unpaired) electrons. The molecule has 0 bridgehead atoms. The first-order chi connectivity index (χ1) is 12.8. The van der Waals surface area contributed by atoms with Crippen molar-refractivity contribution in [1.29, 1.82) is 0 Å². The van der Waals surface area contributed by atoms with E-state index in [0.29, 0.717) is 18.9 Å². The lowest BCUT2D eigenvalue weighted by molar-refractivity contribution is 0.0730. The summed E-state index contributed by atoms with van der Waals surface area (Å²) in [5.74, 6) is -0.453. The first-order valence-electron chi connectivity index (χ1n) is 8.55. The molecule has 1 fully saturated rings. The average molecular weight is 409 g/mol. The highest BCUT2D eigenvalue weighted by Crippen LogP contribution is 2.25. The van der Waals surface area contributed by atoms with Crippen LogP contribution in [0.2, 0.25) is 5.02 Å². The quantitative estimate of drug-likeness (QED) is 0.842. The smallest absolute Gasteiger partial charge is 0.257 e. The number of carbonyl (C=O) groups is 1. The molecule has 1 aliphatic rings. The van der Waals surface area contributed by atoms with Crippen LogP contribution >= 0.6 is 11.6 Å². The van der Waals surface area contributed by atoms with Crippen LogP contribution < -0.4 is 5.32 Å². The molecule has 2 aromatic carbocycles. The number of morpholine rings is 1. The number of aryl methyl sites for hydroxylation is 2. The lowest BCUT2D eigenvalue weighted by atomic mass is 10.1. The minimum absolute atomic E-state index is 0.0413. The standard InChI is InChI=1S/C19H21ClN2O4S/c1-13-3-6-18(14(2)11-13)21-19(23)16-12-15(4-5-17(16)20)27(24,25)22-7-9-26-10-8-22/h3-6,11-12H,7-10H2,1-2H3,(H,21,23). The van der Waals surface area contributed by atoms with Gasteiger partial charge in [-0.15, -0.1) is 0 Å². The van der Waals surface area contributed by atoms with Crippen molar-refractivity contribution in [2.24, 2.45) is 0 Å². The molecule has 8 heteroatoms. The summed E-state index contributed by atoms with van der Waals surface area (Å²) in [6.45, 7) is 5.14. The second-order valence-electron chi connectivity index (χ2n) is 6.43. The SMILES string of the molecule is Cc1ccc(NC(=O)c2cc(S(=O)(=O)N3CCOCC3)ccc2Cl)c(C)c1. The van der Waals surface area contributed by atoms with Gasteiger partial charge >= 0.3 is 0 Å². The molecule has 144 valence electrons. The topological polar surface area (TPSA) is 75.7 Å². The van der Waals surface area contributed by atoms with Crippen molar-refractivity contribution in [1.82, 2.24) is 4.31 Å². The van der Waals surface area contributed by atoms with E-state index in [1.54, 1.807) is 0 Å². The summed E-state index contributed by atoms with van der Waals surface area (Å²) in [6, 6.07) is 9.84. The molecule has 2 aromatic rings. The number of amides is 1. The van der Waals surface area contributed by atoms with Crippen LogP contribution in [0.1, 0.15) is 21.5 Å². The predicted octanol–water partition coefficient (Wildman–Crippen LogP) is 3.23. The average Bonchev–Trinajstić information content (AvgIpc) is 2.65. The molecule has 0 aliphatic carbocycles. The van der Waals surface area contributed by atoms with Crippen LogP contribution in [0.25, 0.3) is 0 Å². The number of benzene rings is 2. The number of anilines is 1. The van der Waals surface area contributed by atoms with Gasteiger partial charge in [-0.05, 0) is 43.7 Å². The van der Waals surface area contributed by atoms with Gasteiger partial charge in [0, 0.05) is 18.8 Å². The van der Waals surface area contributed by atoms with Crippen molar-refractivity contribution in [3.63, 3.8) is 0 Å². The molecule has 0 atom stereocenters. The van der Waals surface area contributed by atoms with Crippen molar-refractivity contribution >= 4 is 33.2 Å². The van der Waals surface area contributed by atoms with Crippen LogP contribution in [0.15, 0.2) is 41.3 Å². The monoisotopic (exact) mass is 408 g/mol. The third-order valence-corrected chi connectivity index (χ3v) is 6.64. The summed E-state index contributed by atoms with van der Waals surface area (Å²) < 4.78 is 32.2. The van der Waals surface area contributed by atoms with Crippen LogP contribution in [0.4, 0.5) is 5.69 Å². The van der Waals surface area contributed by atoms with Gasteiger partial charge < -0.3 is 10.1 Å². The Morgan fingerprint density at radius 1 is 1.11 bits per heavy atom. The summed E-state index contributed by atoms with van der Waals surface area (Å²) in [5, 5.41) is 2.99. The molecule has 1 saturated heterocycles. The maximum atomic E-state index is 12.8. The van der Waals surface area contributed by atoms with Gasteiger partial charge in [-0.3, -0.25) is 4.79 Å². The van der Waals surface area contributed by atoms with Crippen molar-refractivity contribution in [3.05, 3.63) is 58.1 Å². The fourth-order valence-electron chi connectivity index (χ4n) is 2.92. The number of hydrogen-bond donors (Lipinski definition) is 1. The van der Waals surface area contributed by atoms with E-state index >= 15 is 0 Å². The molecular weight excluding hydrogens is 388 g/mol. The van der Waals surface area contributed by atoms with E-state index in [-0.39, 0.29) is 28.6 Å². The van der Waals surface area contributed by atoms with Crippen LogP contribution in [0, 0.1) is 13.8 Å². The van der Waals surface area contributed by atoms with E-state index in [4.69, 9.17) is 16.3 Å². The molecule has 6 nitrogen and oxygen atoms in total. The first-order valence-corrected chi connectivity index (χ1v) is 10.4. The summed E-state index contributed by atoms with van der Waals surface area (Å²) in [5.41, 5.74) is 2.77. The molecular formula is C19H21ClN2O4S. The second-order valence-corrected chi connectivity index (χ2v) is 8.78. The lowest BCUT2D eigenvalue weighted by Crippen LogP contribution is -2.40. The molecule has 3 rings (SSSR count). The fourth-order valence-corrected chi connectivity index (χ4v) is 4.56. The van der Waals surface area contributed by atoms with Gasteiger partial charge in [0.05, 0.1) is 28.7 Å². The minimum atomic E-state index is -3.71. The van der Waals surface area contributed by atoms with E-state index in [2.05, 4.69) is 5.32 Å². The zero-order valence-corrected chi connectivity index (χ0v) is 16.7. The van der Waals surface area contributed by atoms with Crippen LogP contribution in [-0.4, -0.2) is 44.9 Å². The highest BCUT2D eigenvalue weighted by atomic mass is 35.5. The molecule has 0 saturated carbocycles. The Hall–Kier alpha value is -1.93. The molecule has 1 heterocycles. The van der Waals surface area contributed by atoms with Gasteiger partial charge in [-0.1, -0.05) is 29.3 Å². The van der Waals surface area contributed by atoms with Crippen molar-refractivity contribution in [2.75, 3.05) is 31.6 Å². The molecule has 1 aliphatic heterocycles. The molecule has 1 N–H and O–H groups in total. The van der Waals surface area contributed by atoms with Crippen LogP contribution in [0.3, 0.4) is 0 Å². The fraction of sp³-hybridized carbons (Fsp3) is 0.316. The van der Waals surface area contributed by atoms with Crippen molar-refractivity contribution < 1.29 is 17.9 Å². The number of nitrogens with one attached hydrogen (secondary N) is 1. The largest absolute Gasteiger partial charge is 0.379 e. The highest BCUT2D eigenvalue weighted by molar-refractivity contribution is 7.89. The van der Waals surface area contributed by atoms with E-state index in [0.717, 1.165) is 11.1 Å². The number of nitrogens with zero attached hydrogens (tertiary/aromatic N) is 1. The van der Waals surface area contributed by atoms with E-state index in [9.17, 15) is 13.2 Å². The van der Waals surface area contributed by atoms with E-state index in [1.807, 2.05) is 32.0 Å². The Balaban J connectivity index is 1.89. The normalized spacial score (nSPS) is 15.5. The Bertz CT molecular complexity index is 970. The van der Waals surface area contributed by atoms with E-state index < -0.39 is 15.9 Å². The number of hydrogen-bond acceptors (Lipinski definition) is 4. The number of carbonyl (C=O) groups excluding carboxylic acids is 1. The minimum Gasteiger partial charge on any atom is -0.379 e. The van der Waals surface area contributed by atoms with Gasteiger partial charge in [-0.25, -0.2) is 8.42 Å². The third kappa shape index (κ3) is 4.32. The lowest BCUT2D eigenvalue weighted by Gasteiger charge is -2.26. The number of halogens is 1. The summed E-state index contributed by atoms with van der Waals surface area (Å²) >= 11 is 6.17. The summed E-state index contributed by atoms with van der Waals surface area (Å²) in [7, 11) is -3.71. The first kappa shape index (κ1) is 19.8. The van der Waals surface area contributed by atoms with Gasteiger partial charge in [0.15, 0.2) is 0 Å². The zero-order valence-electron chi connectivity index (χ0n) is 15.2. The maximum absolute atomic E-state index is 12.8. The summed E-state index contributed by atoms with van der Waals surface area (Å²) in [6.07, 6.45) is 0. The van der Waals surface area contributed by atoms with Gasteiger partial charge in [0.25, 0.3) is 5.91 Å². The molecule has 1 amide bonds. The number of ether oxygens (including phenoxy) is 1. The predicted molar refractivity (Wildman–Crippen MR) is 105 cm³/mol. The Morgan fingerprint density at radius 3 is 2.48 bits per heavy atom. The third-order valence-electron chi connectivity index (χ3n) is 4.42. The zero-order chi connectivity index (χ0) is 19.6. The molecule has 27 heavy (non-hydrogen) atoms. The Morgan fingerprint density at radius 2 is 1.81 bits per heavy atom. The molecule has 0 aromatic heterocycles. The Labute approximate surface area is 164 Å². The van der Waals surface area contributed by atoms with Gasteiger partial charge in [-0.2, -0.15) is 4.31 Å². The number of sulfonamides is 1. The van der Waals surface area contributed by atoms with Crippen molar-refractivity contribution in [3.8, 4) is 0 Å². The van der Waals surface area contributed by atoms with Crippen LogP contribution in [-0.2, 0) is 14.8 Å². The molecule has 0 spiro atoms. The van der Waals surface area contributed by atoms with Gasteiger partial charge in [0.1, 0.15) is 0 Å². The van der Waals surface area contributed by atoms with Crippen molar-refractivity contribution in [2.45, 2.75) is 18.7 Å². The summed E-state index contributed by atoms with van der Waals surface area (Å²) in [4.78, 5) is 12.7. The van der Waals surface area contributed by atoms with E-state index in [1.165, 1.54) is 22.5 Å². The van der Waals surface area contributed by atoms with Gasteiger partial charge in [0.2, 0.25) is 10.0 Å². The second kappa shape index (κ2) is 7.98. The molecule has 0 unspecified atom stereocenters. The number of rotatable bonds is 4. The highest BCUT2D eigenvalue weighted by Gasteiger charge is 2.27. The maximum Gasteiger partial charge on any atom is 0.257 e.